The summed E-state index contributed by atoms with van der Waals surface area (Å²) in [5.74, 6) is -6.01. The molecule has 5 unspecified atom stereocenters. The minimum Gasteiger partial charge on any atom is -0.492 e. The first-order valence-corrected chi connectivity index (χ1v) is 28.8. The van der Waals surface area contributed by atoms with E-state index < -0.39 is 113 Å². The molecule has 6 saturated heterocycles. The average molecular weight is 1120 g/mol. The third-order valence-electron chi connectivity index (χ3n) is 17.9. The normalized spacial score (nSPS) is 32.4. The maximum Gasteiger partial charge on any atom is 0.240 e. The highest BCUT2D eigenvalue weighted by molar-refractivity contribution is 7.95. The van der Waals surface area contributed by atoms with E-state index in [4.69, 9.17) is 27.4 Å². The van der Waals surface area contributed by atoms with Gasteiger partial charge in [-0.05, 0) is 69.2 Å². The fraction of sp³-hybridized carbons (Fsp3) is 0.328. The molecular weight excluding hydrogens is 1070 g/mol. The molecule has 11 atom stereocenters. The molecule has 10 heterocycles. The fourth-order valence-corrected chi connectivity index (χ4v) is 17.5. The van der Waals surface area contributed by atoms with Crippen LogP contribution in [0.15, 0.2) is 125 Å². The van der Waals surface area contributed by atoms with Gasteiger partial charge in [0.15, 0.2) is 15.6 Å². The Hall–Kier alpha value is -8.09. The Morgan fingerprint density at radius 1 is 0.625 bits per heavy atom. The Labute approximate surface area is 457 Å². The van der Waals surface area contributed by atoms with Crippen LogP contribution in [-0.2, 0) is 53.1 Å². The summed E-state index contributed by atoms with van der Waals surface area (Å²) in [6.45, 7) is 18.2. The number of ketones is 1. The highest BCUT2D eigenvalue weighted by Crippen LogP contribution is 2.65. The lowest BCUT2D eigenvalue weighted by molar-refractivity contribution is -0.135. The summed E-state index contributed by atoms with van der Waals surface area (Å²) >= 11 is 0. The standard InChI is InChI=1S/2C29H23N3O7S/c1-28-21(33)14-29(39-28,12-11-20-25(34)16-6-3-4-8-19(16)40(20,37)38)23-22(28)26(35)32(27(23)36)18-10-9-17(30-2)24-15(18)7-5-13-31-24;1-28-22(33)14-29(39-28,11-13-38-20-15-40(36,37)21-8-4-3-6-17(20)21)24-23(28)26(34)32(27(24)35)19-10-9-18(30-2)25-16(19)7-5-12-31-25/h3-10,13,20-23,33H,11-12,14H2,1H3;3-10,12,15,22-24,33H,11,13-14H2,1H3/t20?,21-,22-,23+,28?,29?;22-,23-,24+,28?,29?/m11/s1. The van der Waals surface area contributed by atoms with E-state index in [-0.39, 0.29) is 71.2 Å². The molecule has 6 aromatic rings. The number of fused-ring (bicyclic) bond motifs is 14. The zero-order chi connectivity index (χ0) is 56.2. The van der Waals surface area contributed by atoms with Crippen molar-refractivity contribution in [2.75, 3.05) is 16.4 Å². The van der Waals surface area contributed by atoms with Gasteiger partial charge in [-0.3, -0.25) is 33.9 Å². The summed E-state index contributed by atoms with van der Waals surface area (Å²) < 4.78 is 70.1. The average Bonchev–Trinajstić information content (AvgIpc) is 3.87. The first-order valence-electron chi connectivity index (χ1n) is 25.7. The second kappa shape index (κ2) is 17.5. The van der Waals surface area contributed by atoms with Crippen LogP contribution in [0.4, 0.5) is 22.7 Å². The number of nitrogens with zero attached hydrogens (tertiary/aromatic N) is 6. The highest BCUT2D eigenvalue weighted by Gasteiger charge is 2.78. The van der Waals surface area contributed by atoms with E-state index in [1.807, 2.05) is 0 Å². The molecule has 4 amide bonds. The molecular formula is C58H46N6O14S2. The van der Waals surface area contributed by atoms with Gasteiger partial charge in [0.25, 0.3) is 0 Å². The Balaban J connectivity index is 0.000000151. The summed E-state index contributed by atoms with van der Waals surface area (Å²) in [4.78, 5) is 87.0. The maximum atomic E-state index is 14.1. The van der Waals surface area contributed by atoms with Crippen molar-refractivity contribution < 1.29 is 65.2 Å². The quantitative estimate of drug-likeness (QED) is 0.118. The van der Waals surface area contributed by atoms with E-state index in [1.165, 1.54) is 30.5 Å². The molecule has 8 aliphatic rings. The molecule has 4 bridgehead atoms. The zero-order valence-corrected chi connectivity index (χ0v) is 44.2. The van der Waals surface area contributed by atoms with Gasteiger partial charge in [0, 0.05) is 53.6 Å². The summed E-state index contributed by atoms with van der Waals surface area (Å²) in [5.41, 5.74) is -2.57. The number of aliphatic hydroxyl groups is 2. The largest absolute Gasteiger partial charge is 0.492 e. The number of hydrogen-bond acceptors (Lipinski definition) is 16. The number of aliphatic hydroxyl groups excluding tert-OH is 2. The number of carbonyl (C=O) groups excluding carboxylic acids is 5. The monoisotopic (exact) mass is 1110 g/mol. The molecule has 6 fully saturated rings. The molecule has 8 aliphatic heterocycles. The second-order valence-electron chi connectivity index (χ2n) is 21.9. The molecule has 4 aromatic carbocycles. The number of benzene rings is 4. The number of Topliss-reactive ketones (excluding diaryl/α,β-unsaturated/α-hetero) is 1. The Morgan fingerprint density at radius 3 is 1.61 bits per heavy atom. The predicted molar refractivity (Wildman–Crippen MR) is 284 cm³/mol. The summed E-state index contributed by atoms with van der Waals surface area (Å²) in [7, 11) is -7.54. The van der Waals surface area contributed by atoms with Crippen LogP contribution in [0.2, 0.25) is 0 Å². The van der Waals surface area contributed by atoms with E-state index >= 15 is 0 Å². The third-order valence-corrected chi connectivity index (χ3v) is 21.5. The lowest BCUT2D eigenvalue weighted by atomic mass is 9.65. The van der Waals surface area contributed by atoms with E-state index in [2.05, 4.69) is 19.7 Å². The predicted octanol–water partition coefficient (Wildman–Crippen LogP) is 6.38. The third kappa shape index (κ3) is 6.86. The Bertz CT molecular complexity index is 4190. The van der Waals surface area contributed by atoms with E-state index in [1.54, 1.807) is 92.8 Å². The van der Waals surface area contributed by atoms with Crippen LogP contribution in [0.25, 0.3) is 37.3 Å². The van der Waals surface area contributed by atoms with Crippen LogP contribution in [-0.4, -0.2) is 113 Å². The molecule has 80 heavy (non-hydrogen) atoms. The minimum atomic E-state index is -3.93. The van der Waals surface area contributed by atoms with Crippen molar-refractivity contribution >= 4 is 99.4 Å². The van der Waals surface area contributed by atoms with Gasteiger partial charge >= 0.3 is 0 Å². The Kier molecular flexibility index (Phi) is 11.2. The molecule has 0 saturated carbocycles. The van der Waals surface area contributed by atoms with Crippen LogP contribution in [0.1, 0.15) is 61.9 Å². The van der Waals surface area contributed by atoms with E-state index in [0.29, 0.717) is 38.7 Å². The molecule has 20 nitrogen and oxygen atoms in total. The number of carbonyl (C=O) groups is 5. The fourth-order valence-electron chi connectivity index (χ4n) is 14.3. The number of ether oxygens (including phenoxy) is 3. The van der Waals surface area contributed by atoms with Crippen molar-refractivity contribution in [2.24, 2.45) is 23.7 Å². The van der Waals surface area contributed by atoms with Crippen molar-refractivity contribution in [3.63, 3.8) is 0 Å². The minimum absolute atomic E-state index is 0.00370. The summed E-state index contributed by atoms with van der Waals surface area (Å²) in [5, 5.41) is 22.8. The smallest absolute Gasteiger partial charge is 0.240 e. The first kappa shape index (κ1) is 51.4. The number of sulfone groups is 2. The summed E-state index contributed by atoms with van der Waals surface area (Å²) in [6, 6.07) is 25.5. The van der Waals surface area contributed by atoms with Crippen molar-refractivity contribution in [2.45, 2.75) is 95.6 Å². The van der Waals surface area contributed by atoms with Crippen molar-refractivity contribution in [3.05, 3.63) is 149 Å². The van der Waals surface area contributed by atoms with Crippen LogP contribution in [0.5, 0.6) is 0 Å². The number of aromatic nitrogens is 2. The molecule has 22 heteroatoms. The van der Waals surface area contributed by atoms with Gasteiger partial charge in [0.05, 0.1) is 104 Å². The number of amides is 4. The van der Waals surface area contributed by atoms with Gasteiger partial charge < -0.3 is 24.4 Å². The first-order chi connectivity index (χ1) is 38.2. The van der Waals surface area contributed by atoms with Crippen LogP contribution >= 0.6 is 0 Å². The molecule has 0 aliphatic carbocycles. The zero-order valence-electron chi connectivity index (χ0n) is 42.5. The molecule has 2 N–H and O–H groups in total. The van der Waals surface area contributed by atoms with E-state index in [0.717, 1.165) is 15.2 Å². The van der Waals surface area contributed by atoms with Crippen molar-refractivity contribution in [1.29, 1.82) is 0 Å². The van der Waals surface area contributed by atoms with Crippen molar-refractivity contribution in [1.82, 2.24) is 9.97 Å². The number of rotatable bonds is 9. The number of imide groups is 2. The molecule has 14 rings (SSSR count). The maximum absolute atomic E-state index is 14.1. The van der Waals surface area contributed by atoms with Crippen molar-refractivity contribution in [3.8, 4) is 0 Å². The highest BCUT2D eigenvalue weighted by atomic mass is 32.2. The lowest BCUT2D eigenvalue weighted by Crippen LogP contribution is -2.49. The van der Waals surface area contributed by atoms with Gasteiger partial charge in [0.2, 0.25) is 44.8 Å². The van der Waals surface area contributed by atoms with Gasteiger partial charge in [-0.1, -0.05) is 54.6 Å². The van der Waals surface area contributed by atoms with Gasteiger partial charge in [0.1, 0.15) is 22.2 Å². The number of anilines is 2. The number of hydrogen-bond donors (Lipinski definition) is 2. The topological polar surface area (TPSA) is 263 Å². The number of pyridine rings is 2. The molecule has 2 aromatic heterocycles. The van der Waals surface area contributed by atoms with Gasteiger partial charge in [-0.2, -0.15) is 0 Å². The lowest BCUT2D eigenvalue weighted by Gasteiger charge is -2.33. The molecule has 0 spiro atoms. The van der Waals surface area contributed by atoms with Crippen LogP contribution in [0, 0.1) is 36.8 Å². The van der Waals surface area contributed by atoms with Crippen LogP contribution < -0.4 is 9.80 Å². The van der Waals surface area contributed by atoms with Gasteiger partial charge in [-0.25, -0.2) is 36.3 Å². The summed E-state index contributed by atoms with van der Waals surface area (Å²) in [6.07, 6.45) is 1.23. The van der Waals surface area contributed by atoms with Gasteiger partial charge in [-0.15, -0.1) is 0 Å². The van der Waals surface area contributed by atoms with Crippen LogP contribution in [0.3, 0.4) is 0 Å². The van der Waals surface area contributed by atoms with E-state index in [9.17, 15) is 51.0 Å². The Morgan fingerprint density at radius 2 is 1.10 bits per heavy atom. The molecule has 404 valence electrons. The molecule has 0 radical (unpaired) electrons. The second-order valence-corrected chi connectivity index (χ2v) is 25.7. The SMILES string of the molecule is [C-]#[N+]c1ccc(N2C(=O)[C@@H]3[C@H](C2=O)C2(C)OC3(CCC3C(=O)c4ccccc4S3(=O)=O)C[C@H]2O)c2cccnc12.[C-]#[N+]c1ccc(N2C(=O)[C@@H]3[C@H](C2=O)C2(C)OC3(CCOC3=CS(=O)(=O)c4ccccc43)C[C@H]2O)c2cccnc12.